The Morgan fingerprint density at radius 2 is 1.19 bits per heavy atom. The highest BCUT2D eigenvalue weighted by Gasteiger charge is 2.30. The number of fused-ring (bicyclic) bond motifs is 2. The zero-order valence-corrected chi connectivity index (χ0v) is 48.7. The average molecular weight is 1170 g/mol. The number of nitrogens with zero attached hydrogens (tertiary/aromatic N) is 10. The number of benzene rings is 2. The summed E-state index contributed by atoms with van der Waals surface area (Å²) in [5.74, 6) is 1.54. The monoisotopic (exact) mass is 1170 g/mol. The molecule has 0 unspecified atom stereocenters. The maximum Gasteiger partial charge on any atom is 0.302 e. The maximum absolute atomic E-state index is 13.4. The van der Waals surface area contributed by atoms with Crippen molar-refractivity contribution in [3.05, 3.63) is 136 Å². The van der Waals surface area contributed by atoms with Gasteiger partial charge in [0.05, 0.1) is 40.9 Å². The fourth-order valence-corrected chi connectivity index (χ4v) is 14.7. The second kappa shape index (κ2) is 25.1. The average Bonchev–Trinajstić information content (AvgIpc) is 4.51. The van der Waals surface area contributed by atoms with Gasteiger partial charge in [0.2, 0.25) is 20.0 Å². The summed E-state index contributed by atoms with van der Waals surface area (Å²) in [5, 5.41) is 5.55. The molecule has 23 heteroatoms. The molecule has 0 spiro atoms. The van der Waals surface area contributed by atoms with Crippen molar-refractivity contribution >= 4 is 99.1 Å². The Bertz CT molecular complexity index is 3690. The number of carbonyl (C=O) groups is 1. The maximum atomic E-state index is 13.4. The molecule has 79 heavy (non-hydrogen) atoms. The number of halogens is 3. The van der Waals surface area contributed by atoms with Crippen LogP contribution in [0.3, 0.4) is 0 Å². The van der Waals surface area contributed by atoms with E-state index in [2.05, 4.69) is 41.1 Å². The van der Waals surface area contributed by atoms with Crippen LogP contribution in [0.15, 0.2) is 102 Å². The molecule has 0 radical (unpaired) electrons. The molecule has 0 bridgehead atoms. The summed E-state index contributed by atoms with van der Waals surface area (Å²) in [5.41, 5.74) is 10.2. The van der Waals surface area contributed by atoms with Gasteiger partial charge in [-0.15, -0.1) is 34.3 Å². The van der Waals surface area contributed by atoms with Crippen LogP contribution in [0.1, 0.15) is 81.3 Å². The van der Waals surface area contributed by atoms with Crippen molar-refractivity contribution in [2.75, 3.05) is 74.1 Å². The lowest BCUT2D eigenvalue weighted by Crippen LogP contribution is -2.39. The number of rotatable bonds is 19. The van der Waals surface area contributed by atoms with Gasteiger partial charge < -0.3 is 14.5 Å². The number of thiazole rings is 2. The highest BCUT2D eigenvalue weighted by atomic mass is 35.5. The molecule has 16 nitrogen and oxygen atoms in total. The topological polar surface area (TPSA) is 168 Å². The third kappa shape index (κ3) is 13.2. The first-order chi connectivity index (χ1) is 38.0. The third-order valence-corrected chi connectivity index (χ3v) is 20.1. The number of pyridine rings is 2. The highest BCUT2D eigenvalue weighted by Crippen LogP contribution is 2.38. The minimum Gasteiger partial charge on any atom is -0.466 e. The van der Waals surface area contributed by atoms with E-state index in [1.807, 2.05) is 58.9 Å². The van der Waals surface area contributed by atoms with Gasteiger partial charge in [-0.2, -0.15) is 4.31 Å². The number of anilines is 4. The van der Waals surface area contributed by atoms with Crippen LogP contribution in [0.4, 0.5) is 30.7 Å². The van der Waals surface area contributed by atoms with Gasteiger partial charge in [-0.1, -0.05) is 26.0 Å². The summed E-state index contributed by atoms with van der Waals surface area (Å²) in [7, 11) is -2.73. The third-order valence-electron chi connectivity index (χ3n) is 14.1. The van der Waals surface area contributed by atoms with Gasteiger partial charge in [-0.25, -0.2) is 49.9 Å². The molecular weight excluding hydrogens is 1110 g/mol. The predicted octanol–water partition coefficient (Wildman–Crippen LogP) is 11.4. The first-order valence-electron chi connectivity index (χ1n) is 26.2. The lowest BCUT2D eigenvalue weighted by atomic mass is 9.91. The van der Waals surface area contributed by atoms with E-state index in [1.54, 1.807) is 28.6 Å². The van der Waals surface area contributed by atoms with Crippen LogP contribution in [0.5, 0.6) is 0 Å². The fourth-order valence-electron chi connectivity index (χ4n) is 9.90. The summed E-state index contributed by atoms with van der Waals surface area (Å²) < 4.78 is 89.6. The molecule has 8 aromatic rings. The first kappa shape index (κ1) is 57.5. The molecular formula is C56H63ClF2N10O6S4. The standard InChI is InChI=1S/C29H34FN5O4S2.C27H29ClFN5O2S2/c1-4-25-28(33(3)29-32-26(19-40-29)22-6-9-24(30)10-7-22)35-18-23(8-11-27(35)31-25)21-12-14-34(15-13-21)41(37,38)17-5-16-39-20(2)36;1-3-23-26(32(2)27-31-24(18-37-27)20-5-8-22(29)9-6-20)34-17-21(7-10-25(34)30-23)19-11-14-33(15-12-19)38(35,36)16-4-13-28/h6-11,18-19,21H,4-5,12-17H2,1-3H3;5-11,17-18H,3-4,12-16H2,1-2H3. The van der Waals surface area contributed by atoms with E-state index < -0.39 is 26.0 Å². The Kier molecular flexibility index (Phi) is 18.3. The molecule has 10 rings (SSSR count). The van der Waals surface area contributed by atoms with Crippen LogP contribution in [0.25, 0.3) is 39.4 Å². The van der Waals surface area contributed by atoms with E-state index in [4.69, 9.17) is 36.3 Å². The Labute approximate surface area is 473 Å². The lowest BCUT2D eigenvalue weighted by Gasteiger charge is -2.31. The summed E-state index contributed by atoms with van der Waals surface area (Å²) in [4.78, 5) is 34.4. The molecule has 1 fully saturated rings. The van der Waals surface area contributed by atoms with Crippen LogP contribution in [-0.2, 0) is 42.4 Å². The largest absolute Gasteiger partial charge is 0.466 e. The summed E-state index contributed by atoms with van der Waals surface area (Å²) >= 11 is 8.74. The van der Waals surface area contributed by atoms with Crippen LogP contribution >= 0.6 is 34.3 Å². The van der Waals surface area contributed by atoms with Crippen molar-refractivity contribution in [3.8, 4) is 22.5 Å². The van der Waals surface area contributed by atoms with E-state index in [-0.39, 0.29) is 35.7 Å². The number of carbonyl (C=O) groups excluding carboxylic acids is 1. The highest BCUT2D eigenvalue weighted by molar-refractivity contribution is 7.89. The Hall–Kier alpha value is -6.14. The molecule has 6 aromatic heterocycles. The summed E-state index contributed by atoms with van der Waals surface area (Å²) in [6.07, 6.45) is 10.5. The second-order valence-electron chi connectivity index (χ2n) is 19.3. The second-order valence-corrected chi connectivity index (χ2v) is 25.6. The normalized spacial score (nSPS) is 14.8. The van der Waals surface area contributed by atoms with E-state index in [0.717, 1.165) is 109 Å². The molecule has 418 valence electrons. The molecule has 0 N–H and O–H groups in total. The Morgan fingerprint density at radius 3 is 1.70 bits per heavy atom. The molecule has 2 aliphatic heterocycles. The number of aromatic nitrogens is 6. The van der Waals surface area contributed by atoms with Gasteiger partial charge in [0.15, 0.2) is 10.3 Å². The zero-order chi connectivity index (χ0) is 56.0. The van der Waals surface area contributed by atoms with Gasteiger partial charge in [0.25, 0.3) is 0 Å². The van der Waals surface area contributed by atoms with E-state index >= 15 is 0 Å². The van der Waals surface area contributed by atoms with Gasteiger partial charge in [-0.05, 0) is 134 Å². The smallest absolute Gasteiger partial charge is 0.302 e. The lowest BCUT2D eigenvalue weighted by molar-refractivity contribution is -0.140. The van der Waals surface area contributed by atoms with Gasteiger partial charge in [-0.3, -0.25) is 13.6 Å². The number of hydrogen-bond acceptors (Lipinski definition) is 14. The molecule has 0 atom stereocenters. The molecule has 0 amide bonds. The SMILES string of the molecule is CCc1nc2ccc(C3=CCN(S(=O)(=O)CCCCl)CC3)cn2c1N(C)c1nc(-c2ccc(F)cc2)cs1.CCc1nc2ccc(C3CCN(S(=O)(=O)CCCOC(C)=O)CC3)cn2c1N(C)c1nc(-c2ccc(F)cc2)cs1. The number of sulfonamides is 2. The number of piperidine rings is 1. The number of esters is 1. The molecule has 0 aliphatic carbocycles. The van der Waals surface area contributed by atoms with E-state index in [1.165, 1.54) is 58.2 Å². The first-order valence-corrected chi connectivity index (χ1v) is 31.7. The number of hydrogen-bond donors (Lipinski definition) is 0. The Balaban J connectivity index is 0.000000192. The van der Waals surface area contributed by atoms with Crippen molar-refractivity contribution in [3.63, 3.8) is 0 Å². The molecule has 8 heterocycles. The van der Waals surface area contributed by atoms with Crippen molar-refractivity contribution < 1.29 is 35.1 Å². The van der Waals surface area contributed by atoms with Gasteiger partial charge >= 0.3 is 5.97 Å². The van der Waals surface area contributed by atoms with Crippen molar-refractivity contribution in [2.24, 2.45) is 0 Å². The van der Waals surface area contributed by atoms with Gasteiger partial charge in [0.1, 0.15) is 34.6 Å². The predicted molar refractivity (Wildman–Crippen MR) is 312 cm³/mol. The zero-order valence-electron chi connectivity index (χ0n) is 44.7. The summed E-state index contributed by atoms with van der Waals surface area (Å²) in [6.45, 7) is 7.32. The van der Waals surface area contributed by atoms with Crippen LogP contribution in [0, 0.1) is 11.6 Å². The number of aryl methyl sites for hydroxylation is 2. The number of alkyl halides is 1. The van der Waals surface area contributed by atoms with Crippen molar-refractivity contribution in [2.45, 2.75) is 71.6 Å². The van der Waals surface area contributed by atoms with Crippen molar-refractivity contribution in [1.82, 2.24) is 37.3 Å². The number of ether oxygens (including phenoxy) is 1. The minimum atomic E-state index is -3.39. The quantitative estimate of drug-likeness (QED) is 0.0427. The van der Waals surface area contributed by atoms with Crippen LogP contribution in [0.2, 0.25) is 0 Å². The molecule has 0 saturated carbocycles. The Morgan fingerprint density at radius 1 is 0.684 bits per heavy atom. The molecule has 2 aliphatic rings. The summed E-state index contributed by atoms with van der Waals surface area (Å²) in [6, 6.07) is 20.8. The van der Waals surface area contributed by atoms with Crippen LogP contribution < -0.4 is 9.80 Å². The van der Waals surface area contributed by atoms with Crippen LogP contribution in [-0.4, -0.2) is 124 Å². The molecule has 2 aromatic carbocycles. The molecule has 1 saturated heterocycles. The van der Waals surface area contributed by atoms with E-state index in [9.17, 15) is 30.4 Å². The fraction of sp³-hybridized carbons (Fsp3) is 0.375. The van der Waals surface area contributed by atoms with Gasteiger partial charge in [0, 0.05) is 87.4 Å². The van der Waals surface area contributed by atoms with Crippen molar-refractivity contribution in [1.29, 1.82) is 0 Å². The van der Waals surface area contributed by atoms with E-state index in [0.29, 0.717) is 51.3 Å². The number of imidazole rings is 2. The minimum absolute atomic E-state index is 0.0267.